The van der Waals surface area contributed by atoms with Gasteiger partial charge in [0.1, 0.15) is 17.4 Å². The molecule has 3 aromatic heterocycles. The number of thiazole rings is 1. The summed E-state index contributed by atoms with van der Waals surface area (Å²) < 4.78 is 11.3. The molecule has 0 bridgehead atoms. The van der Waals surface area contributed by atoms with Crippen LogP contribution in [0.1, 0.15) is 53.5 Å². The lowest BCUT2D eigenvalue weighted by Gasteiger charge is -2.21. The Bertz CT molecular complexity index is 1570. The number of fused-ring (bicyclic) bond motifs is 2. The van der Waals surface area contributed by atoms with Crippen molar-refractivity contribution in [3.05, 3.63) is 58.7 Å². The fourth-order valence-corrected chi connectivity index (χ4v) is 5.86. The van der Waals surface area contributed by atoms with Crippen LogP contribution in [-0.4, -0.2) is 46.6 Å². The molecule has 10 heteroatoms. The molecule has 6 rings (SSSR count). The first-order valence-corrected chi connectivity index (χ1v) is 14.6. The Morgan fingerprint density at radius 1 is 1.10 bits per heavy atom. The van der Waals surface area contributed by atoms with E-state index >= 15 is 0 Å². The lowest BCUT2D eigenvalue weighted by molar-refractivity contribution is -0.117. The molecule has 1 aromatic carbocycles. The fourth-order valence-electron chi connectivity index (χ4n) is 4.96. The summed E-state index contributed by atoms with van der Waals surface area (Å²) in [7, 11) is 0. The van der Waals surface area contributed by atoms with E-state index in [9.17, 15) is 9.59 Å². The number of nitrogens with one attached hydrogen (secondary N) is 2. The molecular weight excluding hydrogens is 526 g/mol. The maximum Gasteiger partial charge on any atom is 0.354 e. The third kappa shape index (κ3) is 5.62. The van der Waals surface area contributed by atoms with Gasteiger partial charge in [-0.15, -0.1) is 11.3 Å². The van der Waals surface area contributed by atoms with Crippen molar-refractivity contribution in [2.75, 3.05) is 30.4 Å². The van der Waals surface area contributed by atoms with Gasteiger partial charge in [0, 0.05) is 41.0 Å². The number of hydrogen-bond acceptors (Lipinski definition) is 9. The van der Waals surface area contributed by atoms with Gasteiger partial charge in [0.15, 0.2) is 4.88 Å². The number of ether oxygens (including phenoxy) is 2. The summed E-state index contributed by atoms with van der Waals surface area (Å²) in [6, 6.07) is 11.8. The van der Waals surface area contributed by atoms with Crippen LogP contribution in [0, 0.1) is 5.92 Å². The summed E-state index contributed by atoms with van der Waals surface area (Å²) in [6.45, 7) is 2.85. The van der Waals surface area contributed by atoms with E-state index in [1.54, 1.807) is 25.3 Å². The van der Waals surface area contributed by atoms with Crippen molar-refractivity contribution in [2.45, 2.75) is 45.4 Å². The first kappa shape index (κ1) is 26.2. The third-order valence-electron chi connectivity index (χ3n) is 7.08. The number of benzene rings is 1. The van der Waals surface area contributed by atoms with Crippen molar-refractivity contribution in [3.63, 3.8) is 0 Å². The Kier molecular flexibility index (Phi) is 7.59. The van der Waals surface area contributed by atoms with Crippen molar-refractivity contribution in [1.82, 2.24) is 15.0 Å². The van der Waals surface area contributed by atoms with E-state index in [-0.39, 0.29) is 24.3 Å². The Morgan fingerprint density at radius 2 is 1.95 bits per heavy atom. The molecule has 1 amide bonds. The highest BCUT2D eigenvalue weighted by atomic mass is 32.1. The summed E-state index contributed by atoms with van der Waals surface area (Å²) in [5.74, 6) is 0.282. The zero-order valence-corrected chi connectivity index (χ0v) is 23.2. The number of carbonyl (C=O) groups is 2. The maximum absolute atomic E-state index is 12.7. The molecule has 0 spiro atoms. The minimum absolute atomic E-state index is 0.0178. The van der Waals surface area contributed by atoms with Gasteiger partial charge in [0.2, 0.25) is 11.8 Å². The first-order valence-electron chi connectivity index (χ1n) is 13.8. The van der Waals surface area contributed by atoms with E-state index in [4.69, 9.17) is 14.5 Å². The predicted molar refractivity (Wildman–Crippen MR) is 155 cm³/mol. The number of esters is 1. The minimum atomic E-state index is -0.472. The molecular formula is C30H31N5O4S. The van der Waals surface area contributed by atoms with Gasteiger partial charge < -0.3 is 20.1 Å². The number of anilines is 2. The predicted octanol–water partition coefficient (Wildman–Crippen LogP) is 5.65. The van der Waals surface area contributed by atoms with Gasteiger partial charge >= 0.3 is 5.97 Å². The van der Waals surface area contributed by atoms with Crippen LogP contribution in [0.2, 0.25) is 0 Å². The molecule has 0 saturated heterocycles. The van der Waals surface area contributed by atoms with Crippen LogP contribution in [0.4, 0.5) is 11.5 Å². The van der Waals surface area contributed by atoms with E-state index in [1.807, 2.05) is 12.1 Å². The molecule has 2 aliphatic rings. The molecule has 0 aliphatic heterocycles. The maximum atomic E-state index is 12.7. The lowest BCUT2D eigenvalue weighted by Crippen LogP contribution is -2.17. The van der Waals surface area contributed by atoms with Crippen LogP contribution in [0.15, 0.2) is 42.6 Å². The molecule has 3 heterocycles. The number of aryl methyl sites for hydroxylation is 1. The third-order valence-corrected chi connectivity index (χ3v) is 8.14. The van der Waals surface area contributed by atoms with Gasteiger partial charge in [-0.05, 0) is 69.2 Å². The van der Waals surface area contributed by atoms with Crippen molar-refractivity contribution < 1.29 is 19.1 Å². The van der Waals surface area contributed by atoms with Crippen molar-refractivity contribution in [1.29, 1.82) is 0 Å². The summed E-state index contributed by atoms with van der Waals surface area (Å²) in [6.07, 6.45) is 7.77. The SMILES string of the molecule is CCOC(=O)c1sc(-c2ccnc(NC(=O)C3CC3)c2)nc1OCCNc1c2c(nc3ccccc13)CCCC2. The molecule has 1 fully saturated rings. The molecule has 0 radical (unpaired) electrons. The highest BCUT2D eigenvalue weighted by Crippen LogP contribution is 2.36. The molecule has 40 heavy (non-hydrogen) atoms. The number of aromatic nitrogens is 3. The van der Waals surface area contributed by atoms with Gasteiger partial charge in [0.25, 0.3) is 0 Å². The monoisotopic (exact) mass is 557 g/mol. The summed E-state index contributed by atoms with van der Waals surface area (Å²) in [4.78, 5) is 39.0. The van der Waals surface area contributed by atoms with Crippen LogP contribution in [0.5, 0.6) is 5.88 Å². The second-order valence-corrected chi connectivity index (χ2v) is 11.0. The lowest BCUT2D eigenvalue weighted by atomic mass is 9.92. The normalized spacial score (nSPS) is 14.4. The molecule has 9 nitrogen and oxygen atoms in total. The average Bonchev–Trinajstić information content (AvgIpc) is 3.74. The zero-order valence-electron chi connectivity index (χ0n) is 22.4. The van der Waals surface area contributed by atoms with Crippen LogP contribution in [0.3, 0.4) is 0 Å². The van der Waals surface area contributed by atoms with E-state index in [1.165, 1.54) is 22.6 Å². The van der Waals surface area contributed by atoms with Crippen molar-refractivity contribution in [2.24, 2.45) is 5.92 Å². The fraction of sp³-hybridized carbons (Fsp3) is 0.367. The highest BCUT2D eigenvalue weighted by Gasteiger charge is 2.30. The number of para-hydroxylation sites is 1. The first-order chi connectivity index (χ1) is 19.6. The van der Waals surface area contributed by atoms with Gasteiger partial charge in [0.05, 0.1) is 12.1 Å². The van der Waals surface area contributed by atoms with Crippen molar-refractivity contribution in [3.8, 4) is 16.5 Å². The Labute approximate surface area is 236 Å². The number of carbonyl (C=O) groups excluding carboxylic acids is 2. The minimum Gasteiger partial charge on any atom is -0.475 e. The smallest absolute Gasteiger partial charge is 0.354 e. The molecule has 206 valence electrons. The topological polar surface area (TPSA) is 115 Å². The average molecular weight is 558 g/mol. The second kappa shape index (κ2) is 11.6. The van der Waals surface area contributed by atoms with Crippen LogP contribution >= 0.6 is 11.3 Å². The van der Waals surface area contributed by atoms with Crippen molar-refractivity contribution >= 4 is 45.6 Å². The highest BCUT2D eigenvalue weighted by molar-refractivity contribution is 7.17. The number of pyridine rings is 2. The molecule has 2 aliphatic carbocycles. The number of nitrogens with zero attached hydrogens (tertiary/aromatic N) is 3. The largest absolute Gasteiger partial charge is 0.475 e. The number of amides is 1. The van der Waals surface area contributed by atoms with E-state index < -0.39 is 5.97 Å². The van der Waals surface area contributed by atoms with E-state index in [2.05, 4.69) is 32.7 Å². The van der Waals surface area contributed by atoms with Crippen LogP contribution < -0.4 is 15.4 Å². The molecule has 0 unspecified atom stereocenters. The summed E-state index contributed by atoms with van der Waals surface area (Å²) >= 11 is 1.20. The summed E-state index contributed by atoms with van der Waals surface area (Å²) in [5, 5.41) is 8.14. The zero-order chi connectivity index (χ0) is 27.5. The number of hydrogen-bond donors (Lipinski definition) is 2. The van der Waals surface area contributed by atoms with Gasteiger partial charge in [-0.25, -0.2) is 14.8 Å². The summed E-state index contributed by atoms with van der Waals surface area (Å²) in [5.41, 5.74) is 5.30. The Hall–Kier alpha value is -4.05. The standard InChI is InChI=1S/C30H31N5O4S/c1-2-38-30(37)26-28(35-29(40-26)19-13-14-31-24(17-19)34-27(36)18-11-12-18)39-16-15-32-25-20-7-3-5-9-22(20)33-23-10-6-4-8-21(23)25/h3,5,7,9,13-14,17-18H,2,4,6,8,10-12,15-16H2,1H3,(H,32,33)(H,31,34,36). The quantitative estimate of drug-likeness (QED) is 0.190. The molecule has 1 saturated carbocycles. The van der Waals surface area contributed by atoms with E-state index in [0.717, 1.165) is 60.7 Å². The van der Waals surface area contributed by atoms with Gasteiger partial charge in [-0.2, -0.15) is 0 Å². The molecule has 2 N–H and O–H groups in total. The number of rotatable bonds is 10. The van der Waals surface area contributed by atoms with Crippen LogP contribution in [-0.2, 0) is 22.4 Å². The van der Waals surface area contributed by atoms with E-state index in [0.29, 0.717) is 28.9 Å². The van der Waals surface area contributed by atoms with Gasteiger partial charge in [-0.3, -0.25) is 9.78 Å². The molecule has 0 atom stereocenters. The van der Waals surface area contributed by atoms with Gasteiger partial charge in [-0.1, -0.05) is 18.2 Å². The Morgan fingerprint density at radius 3 is 2.80 bits per heavy atom. The Balaban J connectivity index is 1.19. The van der Waals surface area contributed by atoms with Crippen LogP contribution in [0.25, 0.3) is 21.5 Å². The molecule has 4 aromatic rings. The second-order valence-electron chi connectivity index (χ2n) is 9.98.